The molecule has 1 aliphatic heterocycles. The Morgan fingerprint density at radius 2 is 2.07 bits per heavy atom. The maximum Gasteiger partial charge on any atom is 0.0771 e. The van der Waals surface area contributed by atoms with Gasteiger partial charge >= 0.3 is 0 Å². The Kier molecular flexibility index (Phi) is 3.97. The molecule has 3 heteroatoms. The van der Waals surface area contributed by atoms with E-state index in [0.717, 1.165) is 25.3 Å². The van der Waals surface area contributed by atoms with Crippen LogP contribution in [0.25, 0.3) is 0 Å². The van der Waals surface area contributed by atoms with Gasteiger partial charge in [-0.3, -0.25) is 0 Å². The highest BCUT2D eigenvalue weighted by Gasteiger charge is 2.32. The van der Waals surface area contributed by atoms with Gasteiger partial charge < -0.3 is 10.4 Å². The van der Waals surface area contributed by atoms with Crippen LogP contribution in [0.5, 0.6) is 0 Å². The van der Waals surface area contributed by atoms with Crippen molar-refractivity contribution in [2.24, 2.45) is 5.92 Å². The lowest BCUT2D eigenvalue weighted by Crippen LogP contribution is -2.46. The van der Waals surface area contributed by atoms with Gasteiger partial charge in [0.05, 0.1) is 5.60 Å². The molecule has 2 N–H and O–H groups in total. The molecular weight excluding hydrogens is 206 g/mol. The number of thioether (sulfide) groups is 1. The highest BCUT2D eigenvalue weighted by molar-refractivity contribution is 7.99. The first kappa shape index (κ1) is 11.7. The third kappa shape index (κ3) is 3.36. The Morgan fingerprint density at radius 3 is 2.67 bits per heavy atom. The summed E-state index contributed by atoms with van der Waals surface area (Å²) in [5.74, 6) is 3.33. The van der Waals surface area contributed by atoms with E-state index in [2.05, 4.69) is 12.2 Å². The Bertz CT molecular complexity index is 196. The fourth-order valence-electron chi connectivity index (χ4n) is 2.51. The molecular formula is C12H23NOS. The molecule has 0 amide bonds. The minimum Gasteiger partial charge on any atom is -0.389 e. The van der Waals surface area contributed by atoms with Gasteiger partial charge in [-0.05, 0) is 43.8 Å². The molecule has 0 aromatic rings. The Morgan fingerprint density at radius 1 is 1.33 bits per heavy atom. The van der Waals surface area contributed by atoms with Gasteiger partial charge in [-0.2, -0.15) is 11.8 Å². The summed E-state index contributed by atoms with van der Waals surface area (Å²) in [4.78, 5) is 0. The average molecular weight is 229 g/mol. The zero-order valence-corrected chi connectivity index (χ0v) is 10.5. The lowest BCUT2D eigenvalue weighted by Gasteiger charge is -2.35. The lowest BCUT2D eigenvalue weighted by molar-refractivity contribution is -0.00761. The summed E-state index contributed by atoms with van der Waals surface area (Å²) in [7, 11) is 0. The number of hydrogen-bond acceptors (Lipinski definition) is 3. The maximum atomic E-state index is 10.4. The summed E-state index contributed by atoms with van der Waals surface area (Å²) in [5, 5.41) is 13.9. The molecule has 2 aliphatic rings. The average Bonchev–Trinajstić information content (AvgIpc) is 2.73. The predicted octanol–water partition coefficient (Wildman–Crippen LogP) is 2.02. The second-order valence-corrected chi connectivity index (χ2v) is 6.50. The van der Waals surface area contributed by atoms with E-state index >= 15 is 0 Å². The summed E-state index contributed by atoms with van der Waals surface area (Å²) in [6.07, 6.45) is 5.63. The van der Waals surface area contributed by atoms with Crippen LogP contribution in [0.4, 0.5) is 0 Å². The molecule has 1 unspecified atom stereocenters. The van der Waals surface area contributed by atoms with Crippen LogP contribution >= 0.6 is 11.8 Å². The second kappa shape index (κ2) is 5.07. The molecule has 1 aliphatic carbocycles. The van der Waals surface area contributed by atoms with Crippen molar-refractivity contribution in [2.75, 3.05) is 18.1 Å². The van der Waals surface area contributed by atoms with Crippen LogP contribution in [0.3, 0.4) is 0 Å². The van der Waals surface area contributed by atoms with E-state index in [1.165, 1.54) is 30.8 Å². The minimum absolute atomic E-state index is 0.403. The highest BCUT2D eigenvalue weighted by Crippen LogP contribution is 2.31. The fourth-order valence-corrected chi connectivity index (χ4v) is 3.69. The fraction of sp³-hybridized carbons (Fsp3) is 1.00. The van der Waals surface area contributed by atoms with Crippen molar-refractivity contribution in [3.05, 3.63) is 0 Å². The summed E-state index contributed by atoms with van der Waals surface area (Å²) < 4.78 is 0. The number of nitrogens with one attached hydrogen (secondary N) is 1. The zero-order chi connectivity index (χ0) is 10.7. The van der Waals surface area contributed by atoms with E-state index in [4.69, 9.17) is 0 Å². The van der Waals surface area contributed by atoms with E-state index in [1.807, 2.05) is 11.8 Å². The van der Waals surface area contributed by atoms with Crippen molar-refractivity contribution in [2.45, 2.75) is 50.7 Å². The molecule has 1 saturated heterocycles. The van der Waals surface area contributed by atoms with E-state index in [1.54, 1.807) is 0 Å². The molecule has 15 heavy (non-hydrogen) atoms. The molecule has 0 aromatic heterocycles. The van der Waals surface area contributed by atoms with Crippen LogP contribution in [0.2, 0.25) is 0 Å². The largest absolute Gasteiger partial charge is 0.389 e. The predicted molar refractivity (Wildman–Crippen MR) is 66.3 cm³/mol. The minimum atomic E-state index is -0.403. The lowest BCUT2D eigenvalue weighted by atomic mass is 9.79. The summed E-state index contributed by atoms with van der Waals surface area (Å²) in [5.41, 5.74) is -0.403. The van der Waals surface area contributed by atoms with Gasteiger partial charge in [-0.25, -0.2) is 0 Å². The van der Waals surface area contributed by atoms with Crippen LogP contribution < -0.4 is 5.32 Å². The zero-order valence-electron chi connectivity index (χ0n) is 9.67. The van der Waals surface area contributed by atoms with E-state index in [9.17, 15) is 5.11 Å². The normalized spacial score (nSPS) is 42.0. The SMILES string of the molecule is CC1CCC(O)(CNC2CCSC2)CC1. The Balaban J connectivity index is 1.72. The van der Waals surface area contributed by atoms with Crippen LogP contribution in [0.15, 0.2) is 0 Å². The first-order valence-corrected chi connectivity index (χ1v) is 7.37. The third-order valence-corrected chi connectivity index (χ3v) is 5.02. The molecule has 88 valence electrons. The van der Waals surface area contributed by atoms with Crippen molar-refractivity contribution in [3.8, 4) is 0 Å². The number of hydrogen-bond donors (Lipinski definition) is 2. The maximum absolute atomic E-state index is 10.4. The van der Waals surface area contributed by atoms with Crippen molar-refractivity contribution < 1.29 is 5.11 Å². The van der Waals surface area contributed by atoms with Gasteiger partial charge in [-0.15, -0.1) is 0 Å². The molecule has 2 rings (SSSR count). The first-order chi connectivity index (χ1) is 7.18. The Labute approximate surface area is 97.2 Å². The Hall–Kier alpha value is 0.270. The van der Waals surface area contributed by atoms with Crippen molar-refractivity contribution in [3.63, 3.8) is 0 Å². The number of aliphatic hydroxyl groups is 1. The summed E-state index contributed by atoms with van der Waals surface area (Å²) in [6, 6.07) is 0.651. The molecule has 2 nitrogen and oxygen atoms in total. The number of rotatable bonds is 3. The van der Waals surface area contributed by atoms with Crippen LogP contribution in [-0.4, -0.2) is 34.8 Å². The van der Waals surface area contributed by atoms with Gasteiger partial charge in [0.1, 0.15) is 0 Å². The molecule has 2 fully saturated rings. The topological polar surface area (TPSA) is 32.3 Å². The van der Waals surface area contributed by atoms with Gasteiger partial charge in [-0.1, -0.05) is 6.92 Å². The molecule has 0 radical (unpaired) electrons. The first-order valence-electron chi connectivity index (χ1n) is 6.21. The molecule has 0 spiro atoms. The van der Waals surface area contributed by atoms with Crippen LogP contribution in [-0.2, 0) is 0 Å². The molecule has 1 atom stereocenters. The molecule has 1 heterocycles. The van der Waals surface area contributed by atoms with Crippen molar-refractivity contribution >= 4 is 11.8 Å². The van der Waals surface area contributed by atoms with E-state index in [0.29, 0.717) is 6.04 Å². The van der Waals surface area contributed by atoms with Gasteiger partial charge in [0.2, 0.25) is 0 Å². The van der Waals surface area contributed by atoms with Gasteiger partial charge in [0.25, 0.3) is 0 Å². The van der Waals surface area contributed by atoms with Crippen LogP contribution in [0.1, 0.15) is 39.0 Å². The molecule has 0 bridgehead atoms. The summed E-state index contributed by atoms with van der Waals surface area (Å²) in [6.45, 7) is 3.10. The van der Waals surface area contributed by atoms with Gasteiger partial charge in [0, 0.05) is 18.3 Å². The van der Waals surface area contributed by atoms with Crippen molar-refractivity contribution in [1.82, 2.24) is 5.32 Å². The molecule has 1 saturated carbocycles. The van der Waals surface area contributed by atoms with Crippen LogP contribution in [0, 0.1) is 5.92 Å². The van der Waals surface area contributed by atoms with E-state index < -0.39 is 5.60 Å². The highest BCUT2D eigenvalue weighted by atomic mass is 32.2. The van der Waals surface area contributed by atoms with E-state index in [-0.39, 0.29) is 0 Å². The second-order valence-electron chi connectivity index (χ2n) is 5.35. The monoisotopic (exact) mass is 229 g/mol. The smallest absolute Gasteiger partial charge is 0.0771 e. The van der Waals surface area contributed by atoms with Crippen molar-refractivity contribution in [1.29, 1.82) is 0 Å². The quantitative estimate of drug-likeness (QED) is 0.776. The summed E-state index contributed by atoms with van der Waals surface area (Å²) >= 11 is 2.02. The standard InChI is InChI=1S/C12H23NOS/c1-10-2-5-12(14,6-3-10)9-13-11-4-7-15-8-11/h10-11,13-14H,2-9H2,1H3. The molecule has 0 aromatic carbocycles. The third-order valence-electron chi connectivity index (χ3n) is 3.85. The van der Waals surface area contributed by atoms with Gasteiger partial charge in [0.15, 0.2) is 0 Å².